The first kappa shape index (κ1) is 22.1. The van der Waals surface area contributed by atoms with Gasteiger partial charge in [0.15, 0.2) is 17.3 Å². The largest absolute Gasteiger partial charge is 0.454 e. The number of hydrogen-bond donors (Lipinski definition) is 1. The van der Waals surface area contributed by atoms with Crippen LogP contribution in [0.4, 0.5) is 15.9 Å². The fourth-order valence-corrected chi connectivity index (χ4v) is 4.24. The second-order valence-corrected chi connectivity index (χ2v) is 8.58. The minimum absolute atomic E-state index is 0.124. The number of carbonyl (C=O) groups is 1. The number of rotatable bonds is 5. The number of benzene rings is 2. The number of piperidine rings is 1. The van der Waals surface area contributed by atoms with E-state index in [2.05, 4.69) is 27.2 Å². The summed E-state index contributed by atoms with van der Waals surface area (Å²) in [5, 5.41) is 3.01. The Morgan fingerprint density at radius 3 is 2.71 bits per heavy atom. The van der Waals surface area contributed by atoms with Crippen molar-refractivity contribution in [3.05, 3.63) is 60.0 Å². The molecule has 0 aliphatic carbocycles. The van der Waals surface area contributed by atoms with Crippen LogP contribution < -0.4 is 14.8 Å². The maximum atomic E-state index is 14.4. The molecule has 1 fully saturated rings. The van der Waals surface area contributed by atoms with Crippen LogP contribution in [0.5, 0.6) is 11.5 Å². The number of amides is 1. The molecule has 2 aliphatic rings. The van der Waals surface area contributed by atoms with Gasteiger partial charge >= 0.3 is 0 Å². The molecule has 0 bridgehead atoms. The summed E-state index contributed by atoms with van der Waals surface area (Å²) in [6, 6.07) is 11.8. The first-order valence-electron chi connectivity index (χ1n) is 11.2. The molecule has 9 heteroatoms. The third-order valence-corrected chi connectivity index (χ3v) is 6.33. The second kappa shape index (κ2) is 9.26. The SMILES string of the molecule is CN1CCC(N(C)C(=O)c2cnc(-c3ccc4c(c3)OCO4)nc2Nc2ccccc2F)CC1. The number of nitrogens with zero attached hydrogens (tertiary/aromatic N) is 4. The zero-order valence-electron chi connectivity index (χ0n) is 19.1. The van der Waals surface area contributed by atoms with Crippen molar-refractivity contribution in [3.8, 4) is 22.9 Å². The maximum absolute atomic E-state index is 14.4. The highest BCUT2D eigenvalue weighted by Crippen LogP contribution is 2.35. The topological polar surface area (TPSA) is 79.8 Å². The number of para-hydroxylation sites is 1. The predicted molar refractivity (Wildman–Crippen MR) is 126 cm³/mol. The van der Waals surface area contributed by atoms with Gasteiger partial charge in [0.05, 0.1) is 5.69 Å². The van der Waals surface area contributed by atoms with E-state index in [1.807, 2.05) is 6.07 Å². The Labute approximate surface area is 197 Å². The smallest absolute Gasteiger partial charge is 0.259 e. The molecule has 0 unspecified atom stereocenters. The van der Waals surface area contributed by atoms with Crippen molar-refractivity contribution < 1.29 is 18.7 Å². The lowest BCUT2D eigenvalue weighted by atomic mass is 10.0. The number of fused-ring (bicyclic) bond motifs is 1. The molecule has 3 aromatic rings. The zero-order chi connectivity index (χ0) is 23.7. The molecule has 1 N–H and O–H groups in total. The molecule has 0 atom stereocenters. The average molecular weight is 464 g/mol. The molecule has 0 saturated carbocycles. The Morgan fingerprint density at radius 2 is 1.91 bits per heavy atom. The zero-order valence-corrected chi connectivity index (χ0v) is 19.1. The van der Waals surface area contributed by atoms with Crippen LogP contribution in [0.2, 0.25) is 0 Å². The van der Waals surface area contributed by atoms with Crippen LogP contribution in [-0.4, -0.2) is 65.7 Å². The van der Waals surface area contributed by atoms with E-state index in [0.29, 0.717) is 22.9 Å². The third kappa shape index (κ3) is 4.38. The van der Waals surface area contributed by atoms with Crippen LogP contribution in [0.15, 0.2) is 48.7 Å². The molecular weight excluding hydrogens is 437 g/mol. The van der Waals surface area contributed by atoms with Gasteiger partial charge in [-0.15, -0.1) is 0 Å². The summed E-state index contributed by atoms with van der Waals surface area (Å²) >= 11 is 0. The van der Waals surface area contributed by atoms with Crippen molar-refractivity contribution in [2.24, 2.45) is 0 Å². The Kier molecular flexibility index (Phi) is 6.02. The highest BCUT2D eigenvalue weighted by atomic mass is 19.1. The molecule has 0 radical (unpaired) electrons. The standard InChI is InChI=1S/C25H26FN5O3/c1-30-11-9-17(10-12-30)31(2)25(32)18-14-27-23(16-7-8-21-22(13-16)34-15-33-21)29-24(18)28-20-6-4-3-5-19(20)26/h3-8,13-14,17H,9-12,15H2,1-2H3,(H,27,28,29). The molecule has 8 nitrogen and oxygen atoms in total. The highest BCUT2D eigenvalue weighted by Gasteiger charge is 2.27. The molecule has 3 heterocycles. The first-order chi connectivity index (χ1) is 16.5. The van der Waals surface area contributed by atoms with E-state index in [1.165, 1.54) is 12.3 Å². The molecule has 2 aromatic carbocycles. The summed E-state index contributed by atoms with van der Waals surface area (Å²) in [5.41, 5.74) is 1.21. The van der Waals surface area contributed by atoms with Crippen molar-refractivity contribution in [1.29, 1.82) is 0 Å². The van der Waals surface area contributed by atoms with Crippen LogP contribution in [-0.2, 0) is 0 Å². The Balaban J connectivity index is 1.50. The van der Waals surface area contributed by atoms with Gasteiger partial charge in [-0.1, -0.05) is 12.1 Å². The third-order valence-electron chi connectivity index (χ3n) is 6.33. The number of ether oxygens (including phenoxy) is 2. The summed E-state index contributed by atoms with van der Waals surface area (Å²) < 4.78 is 25.3. The summed E-state index contributed by atoms with van der Waals surface area (Å²) in [5.74, 6) is 1.25. The van der Waals surface area contributed by atoms with E-state index in [0.717, 1.165) is 25.9 Å². The van der Waals surface area contributed by atoms with Crippen molar-refractivity contribution >= 4 is 17.4 Å². The van der Waals surface area contributed by atoms with E-state index in [1.54, 1.807) is 42.3 Å². The fourth-order valence-electron chi connectivity index (χ4n) is 4.24. The minimum atomic E-state index is -0.437. The van der Waals surface area contributed by atoms with E-state index in [9.17, 15) is 9.18 Å². The molecule has 0 spiro atoms. The number of halogens is 1. The number of aromatic nitrogens is 2. The van der Waals surface area contributed by atoms with Gasteiger partial charge in [0, 0.05) is 24.8 Å². The monoisotopic (exact) mass is 463 g/mol. The van der Waals surface area contributed by atoms with E-state index >= 15 is 0 Å². The minimum Gasteiger partial charge on any atom is -0.454 e. The lowest BCUT2D eigenvalue weighted by Crippen LogP contribution is -2.44. The van der Waals surface area contributed by atoms with Crippen LogP contribution in [0.25, 0.3) is 11.4 Å². The Morgan fingerprint density at radius 1 is 1.15 bits per heavy atom. The van der Waals surface area contributed by atoms with Gasteiger partial charge in [-0.2, -0.15) is 0 Å². The predicted octanol–water partition coefficient (Wildman–Crippen LogP) is 3.92. The Bertz CT molecular complexity index is 1210. The number of hydrogen-bond acceptors (Lipinski definition) is 7. The van der Waals surface area contributed by atoms with Gasteiger partial charge in [-0.3, -0.25) is 4.79 Å². The van der Waals surface area contributed by atoms with Gasteiger partial charge < -0.3 is 24.6 Å². The molecule has 2 aliphatic heterocycles. The average Bonchev–Trinajstić information content (AvgIpc) is 3.33. The van der Waals surface area contributed by atoms with Crippen LogP contribution >= 0.6 is 0 Å². The normalized spacial score (nSPS) is 15.9. The fraction of sp³-hybridized carbons (Fsp3) is 0.320. The van der Waals surface area contributed by atoms with Crippen LogP contribution in [0.1, 0.15) is 23.2 Å². The van der Waals surface area contributed by atoms with E-state index < -0.39 is 5.82 Å². The molecule has 1 aromatic heterocycles. The van der Waals surface area contributed by atoms with Gasteiger partial charge in [0.25, 0.3) is 5.91 Å². The number of carbonyl (C=O) groups excluding carboxylic acids is 1. The van der Waals surface area contributed by atoms with Crippen molar-refractivity contribution in [3.63, 3.8) is 0 Å². The number of nitrogens with one attached hydrogen (secondary N) is 1. The highest BCUT2D eigenvalue weighted by molar-refractivity contribution is 5.99. The summed E-state index contributed by atoms with van der Waals surface area (Å²) in [7, 11) is 3.88. The maximum Gasteiger partial charge on any atom is 0.259 e. The quantitative estimate of drug-likeness (QED) is 0.614. The van der Waals surface area contributed by atoms with Gasteiger partial charge in [0.2, 0.25) is 6.79 Å². The molecule has 5 rings (SSSR count). The second-order valence-electron chi connectivity index (χ2n) is 8.58. The van der Waals surface area contributed by atoms with Crippen LogP contribution in [0, 0.1) is 5.82 Å². The molecule has 1 amide bonds. The van der Waals surface area contributed by atoms with Gasteiger partial charge in [-0.25, -0.2) is 14.4 Å². The molecular formula is C25H26FN5O3. The lowest BCUT2D eigenvalue weighted by Gasteiger charge is -2.35. The molecule has 34 heavy (non-hydrogen) atoms. The van der Waals surface area contributed by atoms with E-state index in [4.69, 9.17) is 9.47 Å². The van der Waals surface area contributed by atoms with Crippen molar-refractivity contribution in [2.45, 2.75) is 18.9 Å². The number of likely N-dealkylation sites (tertiary alicyclic amines) is 1. The lowest BCUT2D eigenvalue weighted by molar-refractivity contribution is 0.0660. The first-order valence-corrected chi connectivity index (χ1v) is 11.2. The Hall–Kier alpha value is -3.72. The van der Waals surface area contributed by atoms with Crippen molar-refractivity contribution in [2.75, 3.05) is 39.3 Å². The summed E-state index contributed by atoms with van der Waals surface area (Å²) in [6.45, 7) is 2.03. The molecule has 176 valence electrons. The molecule has 1 saturated heterocycles. The summed E-state index contributed by atoms with van der Waals surface area (Å²) in [4.78, 5) is 26.6. The van der Waals surface area contributed by atoms with Crippen LogP contribution in [0.3, 0.4) is 0 Å². The number of anilines is 2. The van der Waals surface area contributed by atoms with Gasteiger partial charge in [0.1, 0.15) is 17.2 Å². The van der Waals surface area contributed by atoms with Crippen molar-refractivity contribution in [1.82, 2.24) is 19.8 Å². The van der Waals surface area contributed by atoms with E-state index in [-0.39, 0.29) is 35.8 Å². The van der Waals surface area contributed by atoms with Gasteiger partial charge in [-0.05, 0) is 63.3 Å². The summed E-state index contributed by atoms with van der Waals surface area (Å²) in [6.07, 6.45) is 3.29.